The van der Waals surface area contributed by atoms with E-state index in [9.17, 15) is 29.4 Å². The van der Waals surface area contributed by atoms with E-state index >= 15 is 0 Å². The predicted octanol–water partition coefficient (Wildman–Crippen LogP) is -0.359. The number of imidazole rings is 1. The molecule has 3 atom stereocenters. The van der Waals surface area contributed by atoms with Crippen molar-refractivity contribution in [2.75, 3.05) is 6.54 Å². The van der Waals surface area contributed by atoms with Crippen LogP contribution in [0.3, 0.4) is 0 Å². The SMILES string of the molecule is NC(Cc1cnc[nH]1)C(=O)NCC(=O)NC(Cc1ccccc1)C(=O)NC(Cc1ccc(O)cc1)C(=O)O. The molecular formula is C26H30N6O6. The molecule has 12 nitrogen and oxygen atoms in total. The molecule has 0 aliphatic heterocycles. The average Bonchev–Trinajstić information content (AvgIpc) is 3.41. The van der Waals surface area contributed by atoms with Gasteiger partial charge in [-0.25, -0.2) is 9.78 Å². The van der Waals surface area contributed by atoms with E-state index in [0.717, 1.165) is 5.56 Å². The molecule has 1 heterocycles. The van der Waals surface area contributed by atoms with Gasteiger partial charge < -0.3 is 36.9 Å². The number of hydrogen-bond donors (Lipinski definition) is 7. The number of aromatic hydroxyl groups is 1. The van der Waals surface area contributed by atoms with Crippen molar-refractivity contribution in [3.8, 4) is 5.75 Å². The Morgan fingerprint density at radius 2 is 1.53 bits per heavy atom. The molecule has 0 saturated heterocycles. The maximum atomic E-state index is 13.1. The van der Waals surface area contributed by atoms with E-state index < -0.39 is 48.4 Å². The van der Waals surface area contributed by atoms with E-state index in [1.807, 2.05) is 0 Å². The molecule has 0 spiro atoms. The number of amides is 3. The summed E-state index contributed by atoms with van der Waals surface area (Å²) < 4.78 is 0. The van der Waals surface area contributed by atoms with Crippen molar-refractivity contribution < 1.29 is 29.4 Å². The summed E-state index contributed by atoms with van der Waals surface area (Å²) in [6, 6.07) is 11.6. The lowest BCUT2D eigenvalue weighted by Crippen LogP contribution is -2.55. The molecule has 0 aliphatic rings. The van der Waals surface area contributed by atoms with Crippen molar-refractivity contribution in [3.63, 3.8) is 0 Å². The molecule has 3 aromatic rings. The van der Waals surface area contributed by atoms with Crippen molar-refractivity contribution in [3.05, 3.63) is 83.9 Å². The van der Waals surface area contributed by atoms with Crippen LogP contribution in [0.2, 0.25) is 0 Å². The number of carbonyl (C=O) groups is 4. The largest absolute Gasteiger partial charge is 0.508 e. The molecule has 0 fully saturated rings. The van der Waals surface area contributed by atoms with Crippen molar-refractivity contribution in [1.29, 1.82) is 0 Å². The van der Waals surface area contributed by atoms with Crippen LogP contribution in [-0.2, 0) is 38.4 Å². The van der Waals surface area contributed by atoms with Crippen molar-refractivity contribution in [2.45, 2.75) is 37.4 Å². The van der Waals surface area contributed by atoms with Gasteiger partial charge in [-0.2, -0.15) is 0 Å². The lowest BCUT2D eigenvalue weighted by Gasteiger charge is -2.22. The Morgan fingerprint density at radius 3 is 2.16 bits per heavy atom. The molecule has 3 unspecified atom stereocenters. The summed E-state index contributed by atoms with van der Waals surface area (Å²) in [5.74, 6) is -3.12. The van der Waals surface area contributed by atoms with Crippen LogP contribution in [0.5, 0.6) is 5.75 Å². The third-order valence-electron chi connectivity index (χ3n) is 5.68. The van der Waals surface area contributed by atoms with E-state index in [1.54, 1.807) is 48.7 Å². The van der Waals surface area contributed by atoms with Crippen LogP contribution in [0.25, 0.3) is 0 Å². The minimum absolute atomic E-state index is 0.0301. The fraction of sp³-hybridized carbons (Fsp3) is 0.269. The number of hydrogen-bond acceptors (Lipinski definition) is 7. The highest BCUT2D eigenvalue weighted by Gasteiger charge is 2.27. The molecule has 12 heteroatoms. The van der Waals surface area contributed by atoms with Gasteiger partial charge in [-0.1, -0.05) is 42.5 Å². The van der Waals surface area contributed by atoms with Gasteiger partial charge in [0.25, 0.3) is 0 Å². The normalized spacial score (nSPS) is 13.1. The molecule has 2 aromatic carbocycles. The summed E-state index contributed by atoms with van der Waals surface area (Å²) in [4.78, 5) is 56.6. The Labute approximate surface area is 218 Å². The van der Waals surface area contributed by atoms with Crippen LogP contribution >= 0.6 is 0 Å². The van der Waals surface area contributed by atoms with Crippen molar-refractivity contribution in [2.24, 2.45) is 5.73 Å². The minimum Gasteiger partial charge on any atom is -0.508 e. The zero-order valence-electron chi connectivity index (χ0n) is 20.5. The highest BCUT2D eigenvalue weighted by molar-refractivity contribution is 5.92. The Morgan fingerprint density at radius 1 is 0.868 bits per heavy atom. The summed E-state index contributed by atoms with van der Waals surface area (Å²) in [7, 11) is 0. The van der Waals surface area contributed by atoms with Crippen LogP contribution in [0, 0.1) is 0 Å². The zero-order valence-corrected chi connectivity index (χ0v) is 20.5. The number of aliphatic carboxylic acids is 1. The number of benzene rings is 2. The van der Waals surface area contributed by atoms with Gasteiger partial charge in [0.1, 0.15) is 17.8 Å². The van der Waals surface area contributed by atoms with Crippen molar-refractivity contribution >= 4 is 23.7 Å². The van der Waals surface area contributed by atoms with Crippen LogP contribution in [-0.4, -0.2) is 68.5 Å². The number of nitrogens with one attached hydrogen (secondary N) is 4. The molecule has 38 heavy (non-hydrogen) atoms. The second-order valence-electron chi connectivity index (χ2n) is 8.69. The van der Waals surface area contributed by atoms with Gasteiger partial charge in [-0.15, -0.1) is 0 Å². The Kier molecular flexibility index (Phi) is 9.94. The maximum Gasteiger partial charge on any atom is 0.326 e. The Bertz CT molecular complexity index is 1220. The molecule has 3 amide bonds. The number of rotatable bonds is 13. The molecule has 0 saturated carbocycles. The number of nitrogens with two attached hydrogens (primary N) is 1. The molecule has 0 radical (unpaired) electrons. The fourth-order valence-corrected chi connectivity index (χ4v) is 3.67. The van der Waals surface area contributed by atoms with Crippen LogP contribution < -0.4 is 21.7 Å². The number of carboxylic acid groups (broad SMARTS) is 1. The first kappa shape index (κ1) is 27.9. The third-order valence-corrected chi connectivity index (χ3v) is 5.68. The van der Waals surface area contributed by atoms with Crippen LogP contribution in [0.4, 0.5) is 0 Å². The first-order valence-corrected chi connectivity index (χ1v) is 11.9. The second-order valence-corrected chi connectivity index (χ2v) is 8.69. The number of H-pyrrole nitrogens is 1. The van der Waals surface area contributed by atoms with Gasteiger partial charge in [0, 0.05) is 31.2 Å². The quantitative estimate of drug-likeness (QED) is 0.158. The topological polar surface area (TPSA) is 200 Å². The Hall–Kier alpha value is -4.71. The Balaban J connectivity index is 1.63. The van der Waals surface area contributed by atoms with Gasteiger partial charge in [-0.05, 0) is 23.3 Å². The number of aromatic nitrogens is 2. The molecule has 0 bridgehead atoms. The number of carbonyl (C=O) groups excluding carboxylic acids is 3. The molecule has 8 N–H and O–H groups in total. The van der Waals surface area contributed by atoms with Crippen LogP contribution in [0.15, 0.2) is 67.1 Å². The summed E-state index contributed by atoms with van der Waals surface area (Å²) in [5.41, 5.74) is 7.87. The number of aromatic amines is 1. The average molecular weight is 523 g/mol. The summed E-state index contributed by atoms with van der Waals surface area (Å²) in [6.45, 7) is -0.427. The smallest absolute Gasteiger partial charge is 0.326 e. The van der Waals surface area contributed by atoms with Gasteiger partial charge in [0.2, 0.25) is 17.7 Å². The lowest BCUT2D eigenvalue weighted by molar-refractivity contribution is -0.142. The first-order valence-electron chi connectivity index (χ1n) is 11.9. The predicted molar refractivity (Wildman–Crippen MR) is 137 cm³/mol. The van der Waals surface area contributed by atoms with Crippen LogP contribution in [0.1, 0.15) is 16.8 Å². The number of carboxylic acids is 1. The van der Waals surface area contributed by atoms with Gasteiger partial charge in [0.15, 0.2) is 0 Å². The molecule has 3 rings (SSSR count). The van der Waals surface area contributed by atoms with Crippen molar-refractivity contribution in [1.82, 2.24) is 25.9 Å². The molecule has 0 aliphatic carbocycles. The molecular weight excluding hydrogens is 492 g/mol. The lowest BCUT2D eigenvalue weighted by atomic mass is 10.0. The third kappa shape index (κ3) is 8.75. The zero-order chi connectivity index (χ0) is 27.5. The monoisotopic (exact) mass is 522 g/mol. The second kappa shape index (κ2) is 13.6. The van der Waals surface area contributed by atoms with Gasteiger partial charge in [0.05, 0.1) is 18.9 Å². The maximum absolute atomic E-state index is 13.1. The number of phenolic OH excluding ortho intramolecular Hbond substituents is 1. The number of nitrogens with zero attached hydrogens (tertiary/aromatic N) is 1. The van der Waals surface area contributed by atoms with E-state index in [-0.39, 0.29) is 25.0 Å². The van der Waals surface area contributed by atoms with E-state index in [4.69, 9.17) is 5.73 Å². The first-order chi connectivity index (χ1) is 18.2. The highest BCUT2D eigenvalue weighted by Crippen LogP contribution is 2.12. The standard InChI is InChI=1S/C26H30N6O6/c27-20(12-18-13-28-15-30-18)24(35)29-14-23(34)31-21(10-16-4-2-1-3-5-16)25(36)32-22(26(37)38)11-17-6-8-19(33)9-7-17/h1-9,13,15,20-22,33H,10-12,14,27H2,(H,28,30)(H,29,35)(H,31,34)(H,32,36)(H,37,38). The minimum atomic E-state index is -1.28. The van der Waals surface area contributed by atoms with E-state index in [0.29, 0.717) is 11.3 Å². The van der Waals surface area contributed by atoms with E-state index in [2.05, 4.69) is 25.9 Å². The van der Waals surface area contributed by atoms with Gasteiger partial charge in [-0.3, -0.25) is 14.4 Å². The van der Waals surface area contributed by atoms with E-state index in [1.165, 1.54) is 18.5 Å². The molecule has 200 valence electrons. The summed E-state index contributed by atoms with van der Waals surface area (Å²) in [5, 5.41) is 26.6. The fourth-order valence-electron chi connectivity index (χ4n) is 3.67. The van der Waals surface area contributed by atoms with Gasteiger partial charge >= 0.3 is 5.97 Å². The summed E-state index contributed by atoms with van der Waals surface area (Å²) >= 11 is 0. The highest BCUT2D eigenvalue weighted by atomic mass is 16.4. The number of phenols is 1. The molecule has 1 aromatic heterocycles. The summed E-state index contributed by atoms with van der Waals surface area (Å²) in [6.07, 6.45) is 3.27.